The van der Waals surface area contributed by atoms with Crippen LogP contribution in [0.4, 0.5) is 16.3 Å². The Hall–Kier alpha value is -2.97. The topological polar surface area (TPSA) is 103 Å². The van der Waals surface area contributed by atoms with E-state index in [9.17, 15) is 14.9 Å². The number of carbonyl (C=O) groups excluding carboxylic acids is 1. The maximum Gasteiger partial charge on any atom is 0.416 e. The highest BCUT2D eigenvalue weighted by molar-refractivity contribution is 5.86. The quantitative estimate of drug-likeness (QED) is 0.615. The molecule has 128 valence electrons. The first-order valence-corrected chi connectivity index (χ1v) is 7.35. The molecule has 0 atom stereocenters. The molecule has 2 rings (SSSR count). The Labute approximate surface area is 139 Å². The predicted octanol–water partition coefficient (Wildman–Crippen LogP) is 2.63. The summed E-state index contributed by atoms with van der Waals surface area (Å²) in [7, 11) is 0. The van der Waals surface area contributed by atoms with Crippen LogP contribution in [-0.2, 0) is 11.3 Å². The van der Waals surface area contributed by atoms with Crippen molar-refractivity contribution < 1.29 is 14.5 Å². The van der Waals surface area contributed by atoms with Crippen LogP contribution >= 0.6 is 0 Å². The van der Waals surface area contributed by atoms with Crippen LogP contribution in [0.3, 0.4) is 0 Å². The Morgan fingerprint density at radius 3 is 2.67 bits per heavy atom. The summed E-state index contributed by atoms with van der Waals surface area (Å²) in [5.74, 6) is 0.280. The van der Waals surface area contributed by atoms with Crippen LogP contribution in [0.1, 0.15) is 20.8 Å². The SMILES string of the molecule is CC(C)(C)OC(=O)N(CCn1cccn1)c1ccc([N+](=O)[O-])cn1. The summed E-state index contributed by atoms with van der Waals surface area (Å²) in [6.07, 6.45) is 3.95. The van der Waals surface area contributed by atoms with Crippen LogP contribution in [0.25, 0.3) is 0 Å². The summed E-state index contributed by atoms with van der Waals surface area (Å²) >= 11 is 0. The summed E-state index contributed by atoms with van der Waals surface area (Å²) < 4.78 is 7.05. The fourth-order valence-electron chi connectivity index (χ4n) is 1.90. The first-order chi connectivity index (χ1) is 11.3. The molecule has 0 fully saturated rings. The van der Waals surface area contributed by atoms with Crippen LogP contribution in [0.2, 0.25) is 0 Å². The molecular formula is C15H19N5O4. The molecule has 9 heteroatoms. The van der Waals surface area contributed by atoms with Gasteiger partial charge in [0, 0.05) is 18.5 Å². The third-order valence-electron chi connectivity index (χ3n) is 2.95. The van der Waals surface area contributed by atoms with Crippen LogP contribution < -0.4 is 4.90 Å². The van der Waals surface area contributed by atoms with E-state index in [0.717, 1.165) is 6.20 Å². The van der Waals surface area contributed by atoms with Gasteiger partial charge in [-0.1, -0.05) is 0 Å². The van der Waals surface area contributed by atoms with Crippen LogP contribution in [0.15, 0.2) is 36.8 Å². The van der Waals surface area contributed by atoms with Crippen LogP contribution in [-0.4, -0.2) is 37.9 Å². The molecule has 2 aromatic heterocycles. The number of carbonyl (C=O) groups is 1. The third kappa shape index (κ3) is 4.77. The molecule has 0 N–H and O–H groups in total. The summed E-state index contributed by atoms with van der Waals surface area (Å²) in [5, 5.41) is 14.8. The molecule has 0 spiro atoms. The van der Waals surface area contributed by atoms with Crippen molar-refractivity contribution in [2.45, 2.75) is 32.9 Å². The van der Waals surface area contributed by atoms with Crippen LogP contribution in [0.5, 0.6) is 0 Å². The van der Waals surface area contributed by atoms with E-state index in [2.05, 4.69) is 10.1 Å². The fraction of sp³-hybridized carbons (Fsp3) is 0.400. The Kier molecular flexibility index (Phi) is 5.12. The monoisotopic (exact) mass is 333 g/mol. The maximum atomic E-state index is 12.4. The number of nitro groups is 1. The molecular weight excluding hydrogens is 314 g/mol. The van der Waals surface area contributed by atoms with Crippen molar-refractivity contribution in [3.63, 3.8) is 0 Å². The summed E-state index contributed by atoms with van der Waals surface area (Å²) in [5.41, 5.74) is -0.808. The number of rotatable bonds is 5. The second-order valence-corrected chi connectivity index (χ2v) is 6.03. The van der Waals surface area contributed by atoms with Crippen molar-refractivity contribution in [3.8, 4) is 0 Å². The van der Waals surface area contributed by atoms with E-state index in [1.807, 2.05) is 0 Å². The second-order valence-electron chi connectivity index (χ2n) is 6.03. The van der Waals surface area contributed by atoms with Gasteiger partial charge in [-0.25, -0.2) is 9.78 Å². The number of nitrogens with zero attached hydrogens (tertiary/aromatic N) is 5. The van der Waals surface area contributed by atoms with Gasteiger partial charge in [0.25, 0.3) is 5.69 Å². The molecule has 2 heterocycles. The van der Waals surface area contributed by atoms with Gasteiger partial charge in [0.05, 0.1) is 18.0 Å². The highest BCUT2D eigenvalue weighted by Crippen LogP contribution is 2.19. The second kappa shape index (κ2) is 7.07. The van der Waals surface area contributed by atoms with Crippen molar-refractivity contribution in [2.75, 3.05) is 11.4 Å². The van der Waals surface area contributed by atoms with E-state index in [1.165, 1.54) is 17.0 Å². The van der Waals surface area contributed by atoms with Gasteiger partial charge < -0.3 is 4.74 Å². The Morgan fingerprint density at radius 2 is 2.17 bits per heavy atom. The standard InChI is InChI=1S/C15H19N5O4/c1-15(2,3)24-14(21)19(10-9-18-8-4-7-17-18)13-6-5-12(11-16-13)20(22)23/h4-8,11H,9-10H2,1-3H3. The summed E-state index contributed by atoms with van der Waals surface area (Å²) in [4.78, 5) is 28.0. The zero-order valence-electron chi connectivity index (χ0n) is 13.7. The number of pyridine rings is 1. The number of amides is 1. The minimum atomic E-state index is -0.665. The number of hydrogen-bond acceptors (Lipinski definition) is 6. The van der Waals surface area contributed by atoms with E-state index in [4.69, 9.17) is 4.74 Å². The van der Waals surface area contributed by atoms with Gasteiger partial charge in [0.15, 0.2) is 0 Å². The number of anilines is 1. The van der Waals surface area contributed by atoms with Gasteiger partial charge in [0.2, 0.25) is 0 Å². The number of aromatic nitrogens is 3. The Morgan fingerprint density at radius 1 is 1.42 bits per heavy atom. The van der Waals surface area contributed by atoms with Gasteiger partial charge in [-0.15, -0.1) is 0 Å². The molecule has 0 aliphatic heterocycles. The normalized spacial score (nSPS) is 11.1. The molecule has 0 radical (unpaired) electrons. The number of hydrogen-bond donors (Lipinski definition) is 0. The first-order valence-electron chi connectivity index (χ1n) is 7.35. The van der Waals surface area contributed by atoms with Gasteiger partial charge in [-0.05, 0) is 32.9 Å². The minimum absolute atomic E-state index is 0.144. The first kappa shape index (κ1) is 17.4. The molecule has 24 heavy (non-hydrogen) atoms. The van der Waals surface area contributed by atoms with E-state index in [1.54, 1.807) is 43.9 Å². The van der Waals surface area contributed by atoms with E-state index < -0.39 is 16.6 Å². The zero-order valence-corrected chi connectivity index (χ0v) is 13.7. The van der Waals surface area contributed by atoms with Crippen molar-refractivity contribution in [1.29, 1.82) is 0 Å². The molecule has 0 saturated carbocycles. The average molecular weight is 333 g/mol. The molecule has 0 aliphatic rings. The average Bonchev–Trinajstić information content (AvgIpc) is 2.99. The van der Waals surface area contributed by atoms with E-state index in [0.29, 0.717) is 6.54 Å². The van der Waals surface area contributed by atoms with Gasteiger partial charge in [-0.3, -0.25) is 19.7 Å². The Balaban J connectivity index is 2.20. The number of ether oxygens (including phenoxy) is 1. The van der Waals surface area contributed by atoms with Gasteiger partial charge in [-0.2, -0.15) is 5.10 Å². The fourth-order valence-corrected chi connectivity index (χ4v) is 1.90. The lowest BCUT2D eigenvalue weighted by atomic mass is 10.2. The predicted molar refractivity (Wildman–Crippen MR) is 86.7 cm³/mol. The highest BCUT2D eigenvalue weighted by atomic mass is 16.6. The van der Waals surface area contributed by atoms with Crippen LogP contribution in [0, 0.1) is 10.1 Å². The largest absolute Gasteiger partial charge is 0.443 e. The molecule has 1 amide bonds. The smallest absolute Gasteiger partial charge is 0.416 e. The summed E-state index contributed by atoms with van der Waals surface area (Å²) in [6, 6.07) is 4.50. The lowest BCUT2D eigenvalue weighted by Crippen LogP contribution is -2.39. The molecule has 9 nitrogen and oxygen atoms in total. The van der Waals surface area contributed by atoms with Gasteiger partial charge in [0.1, 0.15) is 17.6 Å². The Bertz CT molecular complexity index is 692. The molecule has 0 saturated heterocycles. The van der Waals surface area contributed by atoms with E-state index >= 15 is 0 Å². The van der Waals surface area contributed by atoms with Crippen molar-refractivity contribution in [3.05, 3.63) is 46.9 Å². The molecule has 2 aromatic rings. The zero-order chi connectivity index (χ0) is 17.7. The molecule has 0 aromatic carbocycles. The lowest BCUT2D eigenvalue weighted by Gasteiger charge is -2.26. The van der Waals surface area contributed by atoms with Gasteiger partial charge >= 0.3 is 6.09 Å². The van der Waals surface area contributed by atoms with Crippen molar-refractivity contribution in [2.24, 2.45) is 0 Å². The van der Waals surface area contributed by atoms with Crippen molar-refractivity contribution in [1.82, 2.24) is 14.8 Å². The molecule has 0 unspecified atom stereocenters. The maximum absolute atomic E-state index is 12.4. The molecule has 0 aliphatic carbocycles. The lowest BCUT2D eigenvalue weighted by molar-refractivity contribution is -0.385. The molecule has 0 bridgehead atoms. The minimum Gasteiger partial charge on any atom is -0.443 e. The summed E-state index contributed by atoms with van der Waals surface area (Å²) in [6.45, 7) is 5.99. The van der Waals surface area contributed by atoms with Crippen molar-refractivity contribution >= 4 is 17.6 Å². The highest BCUT2D eigenvalue weighted by Gasteiger charge is 2.24. The van der Waals surface area contributed by atoms with E-state index in [-0.39, 0.29) is 18.1 Å². The third-order valence-corrected chi connectivity index (χ3v) is 2.95.